The van der Waals surface area contributed by atoms with Gasteiger partial charge in [0.05, 0.1) is 7.11 Å². The second-order valence-electron chi connectivity index (χ2n) is 5.89. The molecule has 3 rings (SSSR count). The largest absolute Gasteiger partial charge is 0.493 e. The van der Waals surface area contributed by atoms with Crippen molar-refractivity contribution in [3.8, 4) is 22.9 Å². The number of carbonyl (C=O) groups is 1. The Labute approximate surface area is 164 Å². The van der Waals surface area contributed by atoms with Gasteiger partial charge in [-0.1, -0.05) is 11.2 Å². The number of aryl methyl sites for hydroxylation is 1. The molecular weight excluding hydrogens is 386 g/mol. The molecule has 0 radical (unpaired) electrons. The van der Waals surface area contributed by atoms with Crippen LogP contribution in [0.1, 0.15) is 17.9 Å². The first-order valence-corrected chi connectivity index (χ1v) is 8.66. The van der Waals surface area contributed by atoms with E-state index in [0.29, 0.717) is 17.3 Å². The van der Waals surface area contributed by atoms with E-state index in [1.54, 1.807) is 30.6 Å². The molecule has 29 heavy (non-hydrogen) atoms. The Balaban J connectivity index is 1.50. The molecule has 2 aromatic heterocycles. The van der Waals surface area contributed by atoms with Crippen molar-refractivity contribution in [3.63, 3.8) is 0 Å². The number of ether oxygens (including phenoxy) is 2. The summed E-state index contributed by atoms with van der Waals surface area (Å²) < 4.78 is 39.3. The molecule has 1 aromatic carbocycles. The fourth-order valence-electron chi connectivity index (χ4n) is 2.49. The fourth-order valence-corrected chi connectivity index (χ4v) is 2.49. The molecule has 0 fully saturated rings. The molecule has 0 unspecified atom stereocenters. The van der Waals surface area contributed by atoms with Gasteiger partial charge in [0.1, 0.15) is 0 Å². The molecule has 3 aromatic rings. The lowest BCUT2D eigenvalue weighted by Gasteiger charge is -2.11. The second kappa shape index (κ2) is 9.58. The molecule has 10 heteroatoms. The SMILES string of the molecule is COc1cc(CNC(=O)CCc2nc(-c3cccnc3)no2)ccc1OC(F)F. The first-order valence-electron chi connectivity index (χ1n) is 8.66. The summed E-state index contributed by atoms with van der Waals surface area (Å²) in [6.45, 7) is -2.74. The molecule has 152 valence electrons. The highest BCUT2D eigenvalue weighted by molar-refractivity contribution is 5.76. The summed E-state index contributed by atoms with van der Waals surface area (Å²) in [6.07, 6.45) is 3.69. The monoisotopic (exact) mass is 404 g/mol. The summed E-state index contributed by atoms with van der Waals surface area (Å²) in [5.41, 5.74) is 1.40. The average Bonchev–Trinajstić information content (AvgIpc) is 3.21. The van der Waals surface area contributed by atoms with Crippen LogP contribution in [0.25, 0.3) is 11.4 Å². The summed E-state index contributed by atoms with van der Waals surface area (Å²) in [4.78, 5) is 20.3. The number of hydrogen-bond donors (Lipinski definition) is 1. The Morgan fingerprint density at radius 2 is 2.14 bits per heavy atom. The lowest BCUT2D eigenvalue weighted by molar-refractivity contribution is -0.121. The number of nitrogens with one attached hydrogen (secondary N) is 1. The van der Waals surface area contributed by atoms with Gasteiger partial charge in [-0.2, -0.15) is 13.8 Å². The van der Waals surface area contributed by atoms with Crippen molar-refractivity contribution < 1.29 is 27.6 Å². The highest BCUT2D eigenvalue weighted by atomic mass is 19.3. The number of hydrogen-bond acceptors (Lipinski definition) is 7. The standard InChI is InChI=1S/C19H18F2N4O4/c1-27-15-9-12(4-5-14(15)28-19(20)21)10-23-16(26)6-7-17-24-18(25-29-17)13-3-2-8-22-11-13/h2-5,8-9,11,19H,6-7,10H2,1H3,(H,23,26). The summed E-state index contributed by atoms with van der Waals surface area (Å²) in [5, 5.41) is 6.60. The quantitative estimate of drug-likeness (QED) is 0.585. The van der Waals surface area contributed by atoms with Gasteiger partial charge in [0, 0.05) is 37.3 Å². The number of amides is 1. The molecule has 0 atom stereocenters. The predicted octanol–water partition coefficient (Wildman–Crippen LogP) is 2.99. The number of pyridine rings is 1. The second-order valence-corrected chi connectivity index (χ2v) is 5.89. The molecule has 0 saturated carbocycles. The smallest absolute Gasteiger partial charge is 0.387 e. The maximum atomic E-state index is 12.4. The topological polar surface area (TPSA) is 99.4 Å². The minimum Gasteiger partial charge on any atom is -0.493 e. The number of aromatic nitrogens is 3. The molecule has 0 saturated heterocycles. The lowest BCUT2D eigenvalue weighted by Crippen LogP contribution is -2.23. The van der Waals surface area contributed by atoms with Gasteiger partial charge < -0.3 is 19.3 Å². The van der Waals surface area contributed by atoms with Crippen LogP contribution in [-0.2, 0) is 17.8 Å². The van der Waals surface area contributed by atoms with E-state index in [1.165, 1.54) is 19.2 Å². The van der Waals surface area contributed by atoms with Gasteiger partial charge in [-0.15, -0.1) is 0 Å². The molecule has 0 aliphatic carbocycles. The van der Waals surface area contributed by atoms with E-state index in [4.69, 9.17) is 9.26 Å². The molecule has 0 bridgehead atoms. The number of alkyl halides is 2. The highest BCUT2D eigenvalue weighted by Crippen LogP contribution is 2.29. The van der Waals surface area contributed by atoms with Gasteiger partial charge in [0.25, 0.3) is 0 Å². The number of methoxy groups -OCH3 is 1. The first kappa shape index (κ1) is 20.2. The van der Waals surface area contributed by atoms with Crippen LogP contribution in [0.5, 0.6) is 11.5 Å². The van der Waals surface area contributed by atoms with Crippen LogP contribution < -0.4 is 14.8 Å². The van der Waals surface area contributed by atoms with Gasteiger partial charge in [-0.25, -0.2) is 0 Å². The molecule has 2 heterocycles. The molecule has 0 aliphatic heterocycles. The average molecular weight is 404 g/mol. The van der Waals surface area contributed by atoms with E-state index < -0.39 is 6.61 Å². The van der Waals surface area contributed by atoms with E-state index in [-0.39, 0.29) is 36.8 Å². The van der Waals surface area contributed by atoms with Crippen LogP contribution in [-0.4, -0.2) is 34.8 Å². The van der Waals surface area contributed by atoms with Crippen molar-refractivity contribution in [2.24, 2.45) is 0 Å². The molecule has 0 aliphatic rings. The lowest BCUT2D eigenvalue weighted by atomic mass is 10.2. The Morgan fingerprint density at radius 3 is 2.86 bits per heavy atom. The van der Waals surface area contributed by atoms with Crippen LogP contribution in [0.2, 0.25) is 0 Å². The number of nitrogens with zero attached hydrogens (tertiary/aromatic N) is 3. The zero-order valence-electron chi connectivity index (χ0n) is 15.5. The summed E-state index contributed by atoms with van der Waals surface area (Å²) in [7, 11) is 1.35. The Kier molecular flexibility index (Phi) is 6.67. The van der Waals surface area contributed by atoms with Crippen LogP contribution in [0.15, 0.2) is 47.2 Å². The van der Waals surface area contributed by atoms with Crippen molar-refractivity contribution >= 4 is 5.91 Å². The Morgan fingerprint density at radius 1 is 1.28 bits per heavy atom. The molecule has 0 spiro atoms. The van der Waals surface area contributed by atoms with Crippen molar-refractivity contribution in [2.45, 2.75) is 26.0 Å². The minimum atomic E-state index is -2.95. The normalized spacial score (nSPS) is 10.8. The molecule has 1 N–H and O–H groups in total. The van der Waals surface area contributed by atoms with Crippen LogP contribution >= 0.6 is 0 Å². The van der Waals surface area contributed by atoms with Gasteiger partial charge in [-0.05, 0) is 29.8 Å². The zero-order valence-corrected chi connectivity index (χ0v) is 15.5. The molecule has 8 nitrogen and oxygen atoms in total. The Bertz CT molecular complexity index is 950. The van der Waals surface area contributed by atoms with E-state index >= 15 is 0 Å². The maximum Gasteiger partial charge on any atom is 0.387 e. The zero-order chi connectivity index (χ0) is 20.6. The summed E-state index contributed by atoms with van der Waals surface area (Å²) in [5.74, 6) is 0.614. The van der Waals surface area contributed by atoms with E-state index in [0.717, 1.165) is 5.56 Å². The summed E-state index contributed by atoms with van der Waals surface area (Å²) >= 11 is 0. The van der Waals surface area contributed by atoms with E-state index in [1.807, 2.05) is 0 Å². The third-order valence-corrected chi connectivity index (χ3v) is 3.89. The number of benzene rings is 1. The van der Waals surface area contributed by atoms with Crippen LogP contribution in [0, 0.1) is 0 Å². The molecular formula is C19H18F2N4O4. The van der Waals surface area contributed by atoms with Gasteiger partial charge in [0.15, 0.2) is 11.5 Å². The van der Waals surface area contributed by atoms with E-state index in [2.05, 4.69) is 25.2 Å². The summed E-state index contributed by atoms with van der Waals surface area (Å²) in [6, 6.07) is 8.03. The van der Waals surface area contributed by atoms with Crippen LogP contribution in [0.4, 0.5) is 8.78 Å². The van der Waals surface area contributed by atoms with Gasteiger partial charge >= 0.3 is 6.61 Å². The van der Waals surface area contributed by atoms with E-state index in [9.17, 15) is 13.6 Å². The first-order chi connectivity index (χ1) is 14.0. The predicted molar refractivity (Wildman–Crippen MR) is 97.3 cm³/mol. The van der Waals surface area contributed by atoms with Gasteiger partial charge in [-0.3, -0.25) is 9.78 Å². The van der Waals surface area contributed by atoms with Gasteiger partial charge in [0.2, 0.25) is 17.6 Å². The fraction of sp³-hybridized carbons (Fsp3) is 0.263. The third-order valence-electron chi connectivity index (χ3n) is 3.89. The third kappa shape index (κ3) is 5.71. The minimum absolute atomic E-state index is 0.0709. The van der Waals surface area contributed by atoms with Crippen molar-refractivity contribution in [3.05, 3.63) is 54.2 Å². The number of halogens is 2. The molecule has 1 amide bonds. The Hall–Kier alpha value is -3.56. The number of rotatable bonds is 9. The van der Waals surface area contributed by atoms with Crippen molar-refractivity contribution in [1.29, 1.82) is 0 Å². The maximum absolute atomic E-state index is 12.4. The highest BCUT2D eigenvalue weighted by Gasteiger charge is 2.13. The number of carbonyl (C=O) groups excluding carboxylic acids is 1. The van der Waals surface area contributed by atoms with Crippen LogP contribution in [0.3, 0.4) is 0 Å². The van der Waals surface area contributed by atoms with Crippen molar-refractivity contribution in [1.82, 2.24) is 20.4 Å². The van der Waals surface area contributed by atoms with Crippen molar-refractivity contribution in [2.75, 3.05) is 7.11 Å².